The van der Waals surface area contributed by atoms with Crippen LogP contribution in [0.5, 0.6) is 0 Å². The van der Waals surface area contributed by atoms with Crippen molar-refractivity contribution < 1.29 is 13.2 Å². The van der Waals surface area contributed by atoms with Gasteiger partial charge in [-0.25, -0.2) is 0 Å². The Labute approximate surface area is 113 Å². The van der Waals surface area contributed by atoms with Crippen LogP contribution in [0, 0.1) is 17.8 Å². The van der Waals surface area contributed by atoms with Crippen LogP contribution in [0.1, 0.15) is 27.7 Å². The number of alkyl halides is 3. The van der Waals surface area contributed by atoms with Crippen molar-refractivity contribution in [1.82, 2.24) is 4.90 Å². The van der Waals surface area contributed by atoms with Crippen LogP contribution in [0.4, 0.5) is 13.2 Å². The summed E-state index contributed by atoms with van der Waals surface area (Å²) in [6, 6.07) is 0. The summed E-state index contributed by atoms with van der Waals surface area (Å²) in [6.45, 7) is 9.02. The van der Waals surface area contributed by atoms with Gasteiger partial charge in [-0.15, -0.1) is 0 Å². The predicted molar refractivity (Wildman–Crippen MR) is 72.4 cm³/mol. The highest BCUT2D eigenvalue weighted by molar-refractivity contribution is 7.80. The van der Waals surface area contributed by atoms with Gasteiger partial charge in [-0.05, 0) is 11.8 Å². The molecule has 1 atom stereocenters. The minimum Gasteiger partial charge on any atom is -0.393 e. The lowest BCUT2D eigenvalue weighted by Gasteiger charge is -2.30. The minimum atomic E-state index is -4.36. The Morgan fingerprint density at radius 2 is 1.44 bits per heavy atom. The van der Waals surface area contributed by atoms with Crippen LogP contribution in [-0.2, 0) is 0 Å². The average molecular weight is 284 g/mol. The van der Waals surface area contributed by atoms with Crippen LogP contribution < -0.4 is 5.73 Å². The van der Waals surface area contributed by atoms with Gasteiger partial charge in [0.1, 0.15) is 5.92 Å². The van der Waals surface area contributed by atoms with Crippen molar-refractivity contribution in [2.75, 3.05) is 19.6 Å². The molecule has 2 N–H and O–H groups in total. The zero-order chi connectivity index (χ0) is 14.5. The topological polar surface area (TPSA) is 29.3 Å². The van der Waals surface area contributed by atoms with Gasteiger partial charge in [0.05, 0.1) is 4.99 Å². The van der Waals surface area contributed by atoms with Crippen molar-refractivity contribution in [3.8, 4) is 0 Å². The molecule has 6 heteroatoms. The monoisotopic (exact) mass is 284 g/mol. The molecule has 18 heavy (non-hydrogen) atoms. The van der Waals surface area contributed by atoms with Crippen LogP contribution in [0.25, 0.3) is 0 Å². The highest BCUT2D eigenvalue weighted by Gasteiger charge is 2.42. The van der Waals surface area contributed by atoms with Gasteiger partial charge < -0.3 is 10.6 Å². The van der Waals surface area contributed by atoms with E-state index in [1.807, 2.05) is 27.7 Å². The smallest absolute Gasteiger partial charge is 0.393 e. The van der Waals surface area contributed by atoms with E-state index in [1.54, 1.807) is 4.90 Å². The lowest BCUT2D eigenvalue weighted by atomic mass is 10.1. The molecule has 0 aliphatic rings. The second-order valence-electron chi connectivity index (χ2n) is 5.50. The first kappa shape index (κ1) is 17.6. The molecule has 0 aromatic rings. The molecule has 2 nitrogen and oxygen atoms in total. The third-order valence-electron chi connectivity index (χ3n) is 2.43. The summed E-state index contributed by atoms with van der Waals surface area (Å²) in [5.74, 6) is -1.10. The molecule has 0 aromatic heterocycles. The zero-order valence-electron chi connectivity index (χ0n) is 11.4. The maximum Gasteiger partial charge on any atom is 0.399 e. The number of nitrogens with two attached hydrogens (primary N) is 1. The molecule has 0 spiro atoms. The van der Waals surface area contributed by atoms with E-state index >= 15 is 0 Å². The van der Waals surface area contributed by atoms with Crippen molar-refractivity contribution >= 4 is 17.2 Å². The first-order chi connectivity index (χ1) is 8.04. The van der Waals surface area contributed by atoms with E-state index in [0.717, 1.165) is 0 Å². The third kappa shape index (κ3) is 7.16. The van der Waals surface area contributed by atoms with E-state index in [4.69, 9.17) is 5.73 Å². The molecule has 0 radical (unpaired) electrons. The normalized spacial score (nSPS) is 14.6. The van der Waals surface area contributed by atoms with E-state index < -0.39 is 17.1 Å². The first-order valence-electron chi connectivity index (χ1n) is 6.12. The minimum absolute atomic E-state index is 0.144. The fourth-order valence-electron chi connectivity index (χ4n) is 1.87. The molecule has 0 rings (SSSR count). The van der Waals surface area contributed by atoms with Gasteiger partial charge in [0.2, 0.25) is 0 Å². The number of hydrogen-bond donors (Lipinski definition) is 1. The zero-order valence-corrected chi connectivity index (χ0v) is 12.2. The van der Waals surface area contributed by atoms with Crippen molar-refractivity contribution in [2.45, 2.75) is 33.9 Å². The van der Waals surface area contributed by atoms with Crippen LogP contribution in [0.2, 0.25) is 0 Å². The summed E-state index contributed by atoms with van der Waals surface area (Å²) in [5, 5.41) is 0. The number of hydrogen-bond acceptors (Lipinski definition) is 2. The fourth-order valence-corrected chi connectivity index (χ4v) is 2.08. The molecule has 108 valence electrons. The third-order valence-corrected chi connectivity index (χ3v) is 2.71. The van der Waals surface area contributed by atoms with E-state index in [2.05, 4.69) is 12.2 Å². The summed E-state index contributed by atoms with van der Waals surface area (Å²) in [6.07, 6.45) is -4.36. The van der Waals surface area contributed by atoms with E-state index in [9.17, 15) is 13.2 Å². The first-order valence-corrected chi connectivity index (χ1v) is 6.53. The van der Waals surface area contributed by atoms with E-state index in [1.165, 1.54) is 0 Å². The summed E-state index contributed by atoms with van der Waals surface area (Å²) in [4.78, 5) is 1.33. The Balaban J connectivity index is 4.75. The summed E-state index contributed by atoms with van der Waals surface area (Å²) < 4.78 is 38.4. The molecule has 0 fully saturated rings. The predicted octanol–water partition coefficient (Wildman–Crippen LogP) is 3.07. The Kier molecular flexibility index (Phi) is 7.14. The molecule has 0 saturated heterocycles. The molecule has 0 aliphatic carbocycles. The average Bonchev–Trinajstić information content (AvgIpc) is 2.09. The molecule has 1 unspecified atom stereocenters. The Hall–Kier alpha value is -0.360. The maximum absolute atomic E-state index is 12.8. The number of thiocarbonyl (C=S) groups is 1. The molecule has 0 heterocycles. The van der Waals surface area contributed by atoms with Gasteiger partial charge in [0, 0.05) is 19.6 Å². The second kappa shape index (κ2) is 7.28. The molecule has 0 bridgehead atoms. The van der Waals surface area contributed by atoms with Gasteiger partial charge in [-0.2, -0.15) is 13.2 Å². The molecule has 0 amide bonds. The van der Waals surface area contributed by atoms with Gasteiger partial charge >= 0.3 is 6.18 Å². The molecular weight excluding hydrogens is 261 g/mol. The van der Waals surface area contributed by atoms with Gasteiger partial charge in [-0.3, -0.25) is 0 Å². The summed E-state index contributed by atoms with van der Waals surface area (Å²) in [7, 11) is 0. The largest absolute Gasteiger partial charge is 0.399 e. The van der Waals surface area contributed by atoms with Gasteiger partial charge in [0.15, 0.2) is 0 Å². The van der Waals surface area contributed by atoms with Gasteiger partial charge in [0.25, 0.3) is 0 Å². The van der Waals surface area contributed by atoms with Crippen molar-refractivity contribution in [3.63, 3.8) is 0 Å². The number of nitrogens with zero attached hydrogens (tertiary/aromatic N) is 1. The molecular formula is C12H23F3N2S. The Morgan fingerprint density at radius 3 is 1.67 bits per heavy atom. The number of rotatable bonds is 7. The molecule has 0 aliphatic heterocycles. The maximum atomic E-state index is 12.8. The SMILES string of the molecule is CC(C)CN(CC(C)C)CC(C(N)=S)C(F)(F)F. The van der Waals surface area contributed by atoms with Crippen LogP contribution in [0.3, 0.4) is 0 Å². The van der Waals surface area contributed by atoms with Crippen LogP contribution in [0.15, 0.2) is 0 Å². The lowest BCUT2D eigenvalue weighted by Crippen LogP contribution is -2.45. The Morgan fingerprint density at radius 1 is 1.06 bits per heavy atom. The fraction of sp³-hybridized carbons (Fsp3) is 0.917. The highest BCUT2D eigenvalue weighted by Crippen LogP contribution is 2.27. The summed E-state index contributed by atoms with van der Waals surface area (Å²) in [5.41, 5.74) is 5.22. The van der Waals surface area contributed by atoms with Crippen molar-refractivity contribution in [1.29, 1.82) is 0 Å². The summed E-state index contributed by atoms with van der Waals surface area (Å²) >= 11 is 4.54. The van der Waals surface area contributed by atoms with Gasteiger partial charge in [-0.1, -0.05) is 39.9 Å². The van der Waals surface area contributed by atoms with E-state index in [-0.39, 0.29) is 6.54 Å². The van der Waals surface area contributed by atoms with Crippen molar-refractivity contribution in [2.24, 2.45) is 23.5 Å². The second-order valence-corrected chi connectivity index (χ2v) is 5.97. The molecule has 0 saturated carbocycles. The lowest BCUT2D eigenvalue weighted by molar-refractivity contribution is -0.159. The standard InChI is InChI=1S/C12H23F3N2S/c1-8(2)5-17(6-9(3)4)7-10(11(16)18)12(13,14)15/h8-10H,5-7H2,1-4H3,(H2,16,18). The highest BCUT2D eigenvalue weighted by atomic mass is 32.1. The van der Waals surface area contributed by atoms with E-state index in [0.29, 0.717) is 24.9 Å². The van der Waals surface area contributed by atoms with Crippen LogP contribution in [-0.4, -0.2) is 35.7 Å². The molecule has 0 aromatic carbocycles. The number of halogens is 3. The van der Waals surface area contributed by atoms with Crippen LogP contribution >= 0.6 is 12.2 Å². The Bertz CT molecular complexity index is 255. The quantitative estimate of drug-likeness (QED) is 0.729. The van der Waals surface area contributed by atoms with Crippen molar-refractivity contribution in [3.05, 3.63) is 0 Å².